The number of nitrogens with one attached hydrogen (secondary N) is 1. The van der Waals surface area contributed by atoms with Gasteiger partial charge in [0.25, 0.3) is 0 Å². The first kappa shape index (κ1) is 16.0. The Morgan fingerprint density at radius 2 is 2.13 bits per heavy atom. The van der Waals surface area contributed by atoms with Gasteiger partial charge in [0, 0.05) is 11.7 Å². The van der Waals surface area contributed by atoms with Crippen LogP contribution in [-0.4, -0.2) is 25.9 Å². The number of amides is 1. The van der Waals surface area contributed by atoms with Crippen LogP contribution in [-0.2, 0) is 4.79 Å². The molecule has 1 N–H and O–H groups in total. The van der Waals surface area contributed by atoms with Gasteiger partial charge in [0.15, 0.2) is 5.16 Å². The Morgan fingerprint density at radius 1 is 1.39 bits per heavy atom. The maximum atomic E-state index is 13.6. The lowest BCUT2D eigenvalue weighted by Crippen LogP contribution is -2.23. The maximum Gasteiger partial charge on any atom is 0.237 e. The zero-order valence-corrected chi connectivity index (χ0v) is 14.2. The zero-order chi connectivity index (χ0) is 16.6. The van der Waals surface area contributed by atoms with E-state index in [9.17, 15) is 9.18 Å². The molecule has 5 nitrogen and oxygen atoms in total. The first-order valence-electron chi connectivity index (χ1n) is 7.61. The third kappa shape index (κ3) is 3.55. The normalized spacial score (nSPS) is 15.5. The molecule has 0 unspecified atom stereocenters. The molecule has 1 fully saturated rings. The van der Waals surface area contributed by atoms with Crippen molar-refractivity contribution in [3.63, 3.8) is 0 Å². The van der Waals surface area contributed by atoms with Crippen LogP contribution in [0, 0.1) is 19.7 Å². The summed E-state index contributed by atoms with van der Waals surface area (Å²) in [5, 5.41) is 11.4. The molecule has 1 atom stereocenters. The summed E-state index contributed by atoms with van der Waals surface area (Å²) >= 11 is 1.38. The fourth-order valence-corrected chi connectivity index (χ4v) is 3.27. The Morgan fingerprint density at radius 3 is 2.78 bits per heavy atom. The molecule has 0 spiro atoms. The highest BCUT2D eigenvalue weighted by Crippen LogP contribution is 2.39. The molecule has 122 valence electrons. The molecule has 23 heavy (non-hydrogen) atoms. The van der Waals surface area contributed by atoms with Crippen LogP contribution in [0.5, 0.6) is 0 Å². The molecule has 0 bridgehead atoms. The van der Waals surface area contributed by atoms with Gasteiger partial charge in [-0.3, -0.25) is 4.79 Å². The molecule has 1 aromatic carbocycles. The number of hydrogen-bond acceptors (Lipinski definition) is 4. The minimum absolute atomic E-state index is 0.179. The number of aromatic nitrogens is 3. The van der Waals surface area contributed by atoms with Crippen LogP contribution >= 0.6 is 11.8 Å². The number of benzene rings is 1. The molecule has 1 aromatic heterocycles. The van der Waals surface area contributed by atoms with Crippen LogP contribution in [0.4, 0.5) is 10.1 Å². The quantitative estimate of drug-likeness (QED) is 0.850. The third-order valence-corrected chi connectivity index (χ3v) is 4.89. The van der Waals surface area contributed by atoms with Gasteiger partial charge < -0.3 is 9.88 Å². The van der Waals surface area contributed by atoms with E-state index >= 15 is 0 Å². The second kappa shape index (κ2) is 6.31. The standard InChI is InChI=1S/C16H19FN4OS/c1-9-4-5-12(8-14(9)17)18-15(22)10(2)23-16-20-19-11(3)21(16)13-6-7-13/h4-5,8,10,13H,6-7H2,1-3H3,(H,18,22)/t10-/m1/s1. The van der Waals surface area contributed by atoms with E-state index in [1.165, 1.54) is 17.8 Å². The van der Waals surface area contributed by atoms with Crippen LogP contribution in [0.2, 0.25) is 0 Å². The van der Waals surface area contributed by atoms with Crippen molar-refractivity contribution in [2.75, 3.05) is 5.32 Å². The van der Waals surface area contributed by atoms with Gasteiger partial charge in [-0.2, -0.15) is 0 Å². The second-order valence-corrected chi connectivity index (χ2v) is 7.15. The lowest BCUT2D eigenvalue weighted by Gasteiger charge is -2.13. The van der Waals surface area contributed by atoms with Gasteiger partial charge >= 0.3 is 0 Å². The van der Waals surface area contributed by atoms with Crippen molar-refractivity contribution in [2.24, 2.45) is 0 Å². The lowest BCUT2D eigenvalue weighted by atomic mass is 10.2. The third-order valence-electron chi connectivity index (χ3n) is 3.84. The average Bonchev–Trinajstić information content (AvgIpc) is 3.27. The maximum absolute atomic E-state index is 13.6. The van der Waals surface area contributed by atoms with Crippen molar-refractivity contribution in [2.45, 2.75) is 50.1 Å². The Bertz CT molecular complexity index is 742. The van der Waals surface area contributed by atoms with Gasteiger partial charge in [-0.1, -0.05) is 17.8 Å². The molecule has 1 amide bonds. The largest absolute Gasteiger partial charge is 0.325 e. The molecule has 1 aliphatic rings. The predicted molar refractivity (Wildman–Crippen MR) is 88.1 cm³/mol. The summed E-state index contributed by atoms with van der Waals surface area (Å²) in [6, 6.07) is 5.15. The van der Waals surface area contributed by atoms with E-state index in [2.05, 4.69) is 20.1 Å². The Balaban J connectivity index is 1.67. The molecule has 2 aromatic rings. The fourth-order valence-electron chi connectivity index (χ4n) is 2.31. The highest BCUT2D eigenvalue weighted by Gasteiger charge is 2.29. The summed E-state index contributed by atoms with van der Waals surface area (Å²) in [5.41, 5.74) is 1.02. The Kier molecular flexibility index (Phi) is 4.39. The van der Waals surface area contributed by atoms with Gasteiger partial charge in [-0.05, 0) is 51.3 Å². The van der Waals surface area contributed by atoms with Gasteiger partial charge in [0.05, 0.1) is 5.25 Å². The summed E-state index contributed by atoms with van der Waals surface area (Å²) in [6.07, 6.45) is 2.27. The zero-order valence-electron chi connectivity index (χ0n) is 13.3. The van der Waals surface area contributed by atoms with Crippen LogP contribution < -0.4 is 5.32 Å². The Hall–Kier alpha value is -1.89. The number of aryl methyl sites for hydroxylation is 2. The van der Waals surface area contributed by atoms with E-state index in [1.807, 2.05) is 13.8 Å². The summed E-state index contributed by atoms with van der Waals surface area (Å²) in [6.45, 7) is 5.42. The minimum Gasteiger partial charge on any atom is -0.325 e. The first-order valence-corrected chi connectivity index (χ1v) is 8.49. The molecule has 1 saturated carbocycles. The minimum atomic E-state index is -0.347. The van der Waals surface area contributed by atoms with E-state index in [-0.39, 0.29) is 17.0 Å². The molecule has 7 heteroatoms. The van der Waals surface area contributed by atoms with Crippen LogP contribution in [0.1, 0.15) is 37.2 Å². The van der Waals surface area contributed by atoms with Crippen molar-refractivity contribution in [3.05, 3.63) is 35.4 Å². The Labute approximate surface area is 138 Å². The highest BCUT2D eigenvalue weighted by atomic mass is 32.2. The van der Waals surface area contributed by atoms with Crippen molar-refractivity contribution < 1.29 is 9.18 Å². The van der Waals surface area contributed by atoms with Crippen molar-refractivity contribution in [3.8, 4) is 0 Å². The molecule has 0 radical (unpaired) electrons. The topological polar surface area (TPSA) is 59.8 Å². The second-order valence-electron chi connectivity index (χ2n) is 5.84. The van der Waals surface area contributed by atoms with E-state index in [4.69, 9.17) is 0 Å². The van der Waals surface area contributed by atoms with Gasteiger partial charge in [0.2, 0.25) is 5.91 Å². The summed E-state index contributed by atoms with van der Waals surface area (Å²) in [4.78, 5) is 12.3. The number of anilines is 1. The van der Waals surface area contributed by atoms with Crippen molar-refractivity contribution in [1.82, 2.24) is 14.8 Å². The van der Waals surface area contributed by atoms with Gasteiger partial charge in [0.1, 0.15) is 11.6 Å². The molecule has 1 heterocycles. The highest BCUT2D eigenvalue weighted by molar-refractivity contribution is 8.00. The number of carbonyl (C=O) groups is 1. The van der Waals surface area contributed by atoms with E-state index < -0.39 is 0 Å². The van der Waals surface area contributed by atoms with Crippen LogP contribution in [0.3, 0.4) is 0 Å². The number of rotatable bonds is 5. The van der Waals surface area contributed by atoms with Crippen molar-refractivity contribution >= 4 is 23.4 Å². The van der Waals surface area contributed by atoms with E-state index in [0.717, 1.165) is 23.8 Å². The van der Waals surface area contributed by atoms with Crippen molar-refractivity contribution in [1.29, 1.82) is 0 Å². The summed E-state index contributed by atoms with van der Waals surface area (Å²) in [7, 11) is 0. The monoisotopic (exact) mass is 334 g/mol. The molecule has 0 saturated heterocycles. The first-order chi connectivity index (χ1) is 11.0. The summed E-state index contributed by atoms with van der Waals surface area (Å²) in [5.74, 6) is 0.372. The molecular weight excluding hydrogens is 315 g/mol. The number of halogens is 1. The van der Waals surface area contributed by atoms with Gasteiger partial charge in [-0.15, -0.1) is 10.2 Å². The predicted octanol–water partition coefficient (Wildman–Crippen LogP) is 3.49. The molecule has 3 rings (SSSR count). The number of carbonyl (C=O) groups excluding carboxylic acids is 1. The summed E-state index contributed by atoms with van der Waals surface area (Å²) < 4.78 is 15.6. The van der Waals surface area contributed by atoms with Gasteiger partial charge in [-0.25, -0.2) is 4.39 Å². The fraction of sp³-hybridized carbons (Fsp3) is 0.438. The molecular formula is C16H19FN4OS. The number of hydrogen-bond donors (Lipinski definition) is 1. The average molecular weight is 334 g/mol. The van der Waals surface area contributed by atoms with Crippen LogP contribution in [0.15, 0.2) is 23.4 Å². The number of thioether (sulfide) groups is 1. The molecule has 1 aliphatic carbocycles. The SMILES string of the molecule is Cc1ccc(NC(=O)[C@@H](C)Sc2nnc(C)n2C2CC2)cc1F. The van der Waals surface area contributed by atoms with E-state index in [1.54, 1.807) is 19.1 Å². The van der Waals surface area contributed by atoms with E-state index in [0.29, 0.717) is 17.3 Å². The lowest BCUT2D eigenvalue weighted by molar-refractivity contribution is -0.115. The molecule has 0 aliphatic heterocycles. The van der Waals surface area contributed by atoms with Crippen LogP contribution in [0.25, 0.3) is 0 Å². The number of nitrogens with zero attached hydrogens (tertiary/aromatic N) is 3. The smallest absolute Gasteiger partial charge is 0.237 e.